The van der Waals surface area contributed by atoms with E-state index < -0.39 is 4.92 Å². The number of non-ortho nitro benzene ring substituents is 1. The zero-order valence-corrected chi connectivity index (χ0v) is 8.69. The molecule has 0 bridgehead atoms. The number of nitro benzene ring substituents is 1. The molecule has 1 aliphatic rings. The third-order valence-electron chi connectivity index (χ3n) is 2.43. The van der Waals surface area contributed by atoms with Crippen molar-refractivity contribution < 1.29 is 9.72 Å². The van der Waals surface area contributed by atoms with Crippen molar-refractivity contribution in [1.82, 2.24) is 5.32 Å². The molecule has 2 N–H and O–H groups in total. The Balaban J connectivity index is 2.44. The van der Waals surface area contributed by atoms with Crippen LogP contribution in [0.2, 0.25) is 0 Å². The second-order valence-corrected chi connectivity index (χ2v) is 3.74. The molecule has 1 atom stereocenters. The standard InChI is InChI=1S/C10H11N3O3/c1-6-5-11-9-4-7(13(15)16)2-3-8(9)10(14)12-6/h2-4,6,11H,5H2,1H3,(H,12,14). The maximum absolute atomic E-state index is 11.7. The van der Waals surface area contributed by atoms with Crippen molar-refractivity contribution in [2.24, 2.45) is 0 Å². The molecule has 0 aliphatic carbocycles. The minimum atomic E-state index is -0.478. The lowest BCUT2D eigenvalue weighted by Crippen LogP contribution is -2.34. The van der Waals surface area contributed by atoms with Gasteiger partial charge in [0.25, 0.3) is 11.6 Å². The average molecular weight is 221 g/mol. The number of carbonyl (C=O) groups excluding carboxylic acids is 1. The van der Waals surface area contributed by atoms with Gasteiger partial charge in [-0.15, -0.1) is 0 Å². The summed E-state index contributed by atoms with van der Waals surface area (Å²) in [6.45, 7) is 2.42. The molecule has 6 nitrogen and oxygen atoms in total. The molecule has 1 amide bonds. The number of nitrogens with one attached hydrogen (secondary N) is 2. The molecule has 1 unspecified atom stereocenters. The number of amides is 1. The third-order valence-corrected chi connectivity index (χ3v) is 2.43. The summed E-state index contributed by atoms with van der Waals surface area (Å²) in [7, 11) is 0. The molecule has 84 valence electrons. The van der Waals surface area contributed by atoms with E-state index in [1.807, 2.05) is 6.92 Å². The van der Waals surface area contributed by atoms with Gasteiger partial charge in [-0.25, -0.2) is 0 Å². The van der Waals surface area contributed by atoms with Crippen LogP contribution >= 0.6 is 0 Å². The first-order valence-corrected chi connectivity index (χ1v) is 4.91. The Morgan fingerprint density at radius 3 is 2.94 bits per heavy atom. The van der Waals surface area contributed by atoms with Crippen molar-refractivity contribution in [3.8, 4) is 0 Å². The molecule has 6 heteroatoms. The number of carbonyl (C=O) groups is 1. The van der Waals surface area contributed by atoms with Crippen LogP contribution in [-0.2, 0) is 0 Å². The highest BCUT2D eigenvalue weighted by Crippen LogP contribution is 2.23. The molecule has 1 heterocycles. The predicted octanol–water partition coefficient (Wildman–Crippen LogP) is 1.14. The zero-order chi connectivity index (χ0) is 11.7. The van der Waals surface area contributed by atoms with E-state index in [2.05, 4.69) is 10.6 Å². The molecule has 16 heavy (non-hydrogen) atoms. The van der Waals surface area contributed by atoms with Crippen LogP contribution in [-0.4, -0.2) is 23.4 Å². The van der Waals surface area contributed by atoms with Gasteiger partial charge in [0.1, 0.15) is 0 Å². The summed E-state index contributed by atoms with van der Waals surface area (Å²) < 4.78 is 0. The molecule has 1 aromatic rings. The second kappa shape index (κ2) is 3.80. The van der Waals surface area contributed by atoms with Crippen molar-refractivity contribution >= 4 is 17.3 Å². The Kier molecular flexibility index (Phi) is 2.47. The highest BCUT2D eigenvalue weighted by molar-refractivity contribution is 6.00. The fourth-order valence-electron chi connectivity index (χ4n) is 1.61. The Morgan fingerprint density at radius 1 is 1.50 bits per heavy atom. The number of rotatable bonds is 1. The molecular weight excluding hydrogens is 210 g/mol. The van der Waals surface area contributed by atoms with Gasteiger partial charge in [-0.2, -0.15) is 0 Å². The highest BCUT2D eigenvalue weighted by Gasteiger charge is 2.20. The fourth-order valence-corrected chi connectivity index (χ4v) is 1.61. The Hall–Kier alpha value is -2.11. The quantitative estimate of drug-likeness (QED) is 0.550. The summed E-state index contributed by atoms with van der Waals surface area (Å²) in [5.41, 5.74) is 0.930. The normalized spacial score (nSPS) is 19.1. The van der Waals surface area contributed by atoms with E-state index in [0.717, 1.165) is 0 Å². The van der Waals surface area contributed by atoms with E-state index in [1.165, 1.54) is 18.2 Å². The number of fused-ring (bicyclic) bond motifs is 1. The van der Waals surface area contributed by atoms with Crippen molar-refractivity contribution in [3.05, 3.63) is 33.9 Å². The number of nitrogens with zero attached hydrogens (tertiary/aromatic N) is 1. The summed E-state index contributed by atoms with van der Waals surface area (Å²) in [5.74, 6) is -0.206. The van der Waals surface area contributed by atoms with Crippen LogP contribution in [0.3, 0.4) is 0 Å². The van der Waals surface area contributed by atoms with Crippen LogP contribution in [0.5, 0.6) is 0 Å². The van der Waals surface area contributed by atoms with Gasteiger partial charge < -0.3 is 10.6 Å². The fraction of sp³-hybridized carbons (Fsp3) is 0.300. The van der Waals surface area contributed by atoms with E-state index in [1.54, 1.807) is 0 Å². The molecule has 2 rings (SSSR count). The topological polar surface area (TPSA) is 84.3 Å². The average Bonchev–Trinajstić information content (AvgIpc) is 2.38. The van der Waals surface area contributed by atoms with Crippen molar-refractivity contribution in [1.29, 1.82) is 0 Å². The lowest BCUT2D eigenvalue weighted by atomic mass is 10.1. The lowest BCUT2D eigenvalue weighted by Gasteiger charge is -2.08. The van der Waals surface area contributed by atoms with E-state index >= 15 is 0 Å². The molecule has 0 radical (unpaired) electrons. The number of nitro groups is 1. The van der Waals surface area contributed by atoms with E-state index in [0.29, 0.717) is 17.8 Å². The van der Waals surface area contributed by atoms with Gasteiger partial charge in [-0.05, 0) is 13.0 Å². The summed E-state index contributed by atoms with van der Waals surface area (Å²) in [5, 5.41) is 16.4. The largest absolute Gasteiger partial charge is 0.382 e. The summed E-state index contributed by atoms with van der Waals surface area (Å²) in [6, 6.07) is 4.18. The molecular formula is C10H11N3O3. The van der Waals surface area contributed by atoms with Crippen molar-refractivity contribution in [2.75, 3.05) is 11.9 Å². The van der Waals surface area contributed by atoms with Gasteiger partial charge in [0.15, 0.2) is 0 Å². The first-order chi connectivity index (χ1) is 7.58. The summed E-state index contributed by atoms with van der Waals surface area (Å²) >= 11 is 0. The molecule has 0 spiro atoms. The first-order valence-electron chi connectivity index (χ1n) is 4.91. The number of hydrogen-bond donors (Lipinski definition) is 2. The van der Waals surface area contributed by atoms with Crippen LogP contribution in [0.4, 0.5) is 11.4 Å². The predicted molar refractivity (Wildman–Crippen MR) is 58.5 cm³/mol. The van der Waals surface area contributed by atoms with Gasteiger partial charge in [0.2, 0.25) is 0 Å². The number of hydrogen-bond acceptors (Lipinski definition) is 4. The Morgan fingerprint density at radius 2 is 2.25 bits per heavy atom. The second-order valence-electron chi connectivity index (χ2n) is 3.74. The molecule has 0 fully saturated rings. The van der Waals surface area contributed by atoms with Gasteiger partial charge >= 0.3 is 0 Å². The number of anilines is 1. The minimum absolute atomic E-state index is 0.000967. The summed E-state index contributed by atoms with van der Waals surface area (Å²) in [6.07, 6.45) is 0. The van der Waals surface area contributed by atoms with Gasteiger partial charge in [-0.3, -0.25) is 14.9 Å². The smallest absolute Gasteiger partial charge is 0.271 e. The SMILES string of the molecule is CC1CNc2cc([N+](=O)[O-])ccc2C(=O)N1. The van der Waals surface area contributed by atoms with E-state index in [9.17, 15) is 14.9 Å². The zero-order valence-electron chi connectivity index (χ0n) is 8.69. The molecule has 0 saturated heterocycles. The number of benzene rings is 1. The van der Waals surface area contributed by atoms with Crippen LogP contribution < -0.4 is 10.6 Å². The van der Waals surface area contributed by atoms with E-state index in [-0.39, 0.29) is 17.6 Å². The highest BCUT2D eigenvalue weighted by atomic mass is 16.6. The third kappa shape index (κ3) is 1.81. The molecule has 1 aliphatic heterocycles. The molecule has 1 aromatic carbocycles. The van der Waals surface area contributed by atoms with Crippen LogP contribution in [0, 0.1) is 10.1 Å². The Labute approximate surface area is 91.8 Å². The molecule has 0 aromatic heterocycles. The van der Waals surface area contributed by atoms with E-state index in [4.69, 9.17) is 0 Å². The summed E-state index contributed by atoms with van der Waals surface area (Å²) in [4.78, 5) is 21.8. The van der Waals surface area contributed by atoms with Crippen LogP contribution in [0.25, 0.3) is 0 Å². The van der Waals surface area contributed by atoms with Gasteiger partial charge in [0, 0.05) is 24.7 Å². The Bertz CT molecular complexity index is 459. The minimum Gasteiger partial charge on any atom is -0.382 e. The van der Waals surface area contributed by atoms with Crippen LogP contribution in [0.1, 0.15) is 17.3 Å². The molecule has 0 saturated carbocycles. The van der Waals surface area contributed by atoms with Crippen molar-refractivity contribution in [2.45, 2.75) is 13.0 Å². The maximum Gasteiger partial charge on any atom is 0.271 e. The first kappa shape index (κ1) is 10.4. The maximum atomic E-state index is 11.7. The monoisotopic (exact) mass is 221 g/mol. The van der Waals surface area contributed by atoms with Gasteiger partial charge in [-0.1, -0.05) is 0 Å². The van der Waals surface area contributed by atoms with Crippen LogP contribution in [0.15, 0.2) is 18.2 Å². The van der Waals surface area contributed by atoms with Crippen molar-refractivity contribution in [3.63, 3.8) is 0 Å². The van der Waals surface area contributed by atoms with Gasteiger partial charge in [0.05, 0.1) is 16.2 Å². The lowest BCUT2D eigenvalue weighted by molar-refractivity contribution is -0.384.